The van der Waals surface area contributed by atoms with Crippen molar-refractivity contribution >= 4 is 87.1 Å². The molecule has 0 fully saturated rings. The summed E-state index contributed by atoms with van der Waals surface area (Å²) in [4.78, 5) is 0. The Morgan fingerprint density at radius 1 is 0.254 bits per heavy atom. The van der Waals surface area contributed by atoms with E-state index < -0.39 is 0 Å². The van der Waals surface area contributed by atoms with E-state index in [1.165, 1.54) is 76.6 Å². The molecule has 0 aliphatic heterocycles. The maximum absolute atomic E-state index is 7.01. The first-order chi connectivity index (χ1) is 29.3. The summed E-state index contributed by atoms with van der Waals surface area (Å²) in [6.45, 7) is 0. The molecule has 0 saturated carbocycles. The van der Waals surface area contributed by atoms with Crippen molar-refractivity contribution in [3.05, 3.63) is 206 Å². The summed E-state index contributed by atoms with van der Waals surface area (Å²) in [6, 6.07) is 74.9. The highest BCUT2D eigenvalue weighted by Crippen LogP contribution is 2.46. The molecule has 3 aromatic heterocycles. The predicted octanol–water partition coefficient (Wildman–Crippen LogP) is 15.4. The molecule has 59 heavy (non-hydrogen) atoms. The molecule has 0 radical (unpaired) electrons. The summed E-state index contributed by atoms with van der Waals surface area (Å²) < 4.78 is 11.8. The third kappa shape index (κ3) is 4.64. The van der Waals surface area contributed by atoms with Gasteiger partial charge in [0.05, 0.1) is 22.1 Å². The number of benzene rings is 10. The standard InChI is InChI=1S/C56H34N2O/c1-3-15-37(16-4-1)57-51-25-13-11-21-41(51)47-31-35(27-29-53(47)57)45-33-49-50-34-46(40-20-8-10-24-44(40)56(50)59-55(49)43-23-9-7-19-39(43)45)36-28-30-54-48(32-36)42-22-12-14-26-52(42)58(54)38-17-5-2-6-18-38/h1-34H. The molecule has 0 atom stereocenters. The van der Waals surface area contributed by atoms with E-state index in [-0.39, 0.29) is 0 Å². The van der Waals surface area contributed by atoms with Crippen LogP contribution in [0.3, 0.4) is 0 Å². The minimum absolute atomic E-state index is 0.921. The van der Waals surface area contributed by atoms with Gasteiger partial charge >= 0.3 is 0 Å². The minimum atomic E-state index is 0.921. The summed E-state index contributed by atoms with van der Waals surface area (Å²) in [5, 5.41) is 11.8. The van der Waals surface area contributed by atoms with Crippen molar-refractivity contribution < 1.29 is 4.42 Å². The summed E-state index contributed by atoms with van der Waals surface area (Å²) in [5.41, 5.74) is 13.7. The average molecular weight is 751 g/mol. The smallest absolute Gasteiger partial charge is 0.143 e. The largest absolute Gasteiger partial charge is 0.455 e. The van der Waals surface area contributed by atoms with E-state index in [1.807, 2.05) is 0 Å². The normalized spacial score (nSPS) is 12.1. The second-order valence-corrected chi connectivity index (χ2v) is 15.6. The summed E-state index contributed by atoms with van der Waals surface area (Å²) in [5.74, 6) is 0. The van der Waals surface area contributed by atoms with E-state index in [0.717, 1.165) is 44.1 Å². The van der Waals surface area contributed by atoms with E-state index in [9.17, 15) is 0 Å². The van der Waals surface area contributed by atoms with Crippen molar-refractivity contribution in [2.75, 3.05) is 0 Å². The van der Waals surface area contributed by atoms with Gasteiger partial charge in [0.15, 0.2) is 0 Å². The highest BCUT2D eigenvalue weighted by atomic mass is 16.3. The fraction of sp³-hybridized carbons (Fsp3) is 0. The van der Waals surface area contributed by atoms with Gasteiger partial charge in [-0.2, -0.15) is 0 Å². The minimum Gasteiger partial charge on any atom is -0.455 e. The quantitative estimate of drug-likeness (QED) is 0.176. The zero-order valence-corrected chi connectivity index (χ0v) is 31.9. The first kappa shape index (κ1) is 32.2. The second kappa shape index (κ2) is 12.3. The van der Waals surface area contributed by atoms with Crippen LogP contribution in [0.25, 0.3) is 121 Å². The van der Waals surface area contributed by atoms with Gasteiger partial charge in [-0.3, -0.25) is 0 Å². The zero-order valence-electron chi connectivity index (χ0n) is 31.9. The Bertz CT molecular complexity index is 3580. The van der Waals surface area contributed by atoms with Gasteiger partial charge in [0.25, 0.3) is 0 Å². The highest BCUT2D eigenvalue weighted by molar-refractivity contribution is 6.25. The Balaban J connectivity index is 1.07. The second-order valence-electron chi connectivity index (χ2n) is 15.6. The van der Waals surface area contributed by atoms with Crippen LogP contribution in [-0.4, -0.2) is 9.13 Å². The number of para-hydroxylation sites is 4. The van der Waals surface area contributed by atoms with Gasteiger partial charge in [-0.1, -0.05) is 133 Å². The monoisotopic (exact) mass is 750 g/mol. The van der Waals surface area contributed by atoms with Crippen LogP contribution in [0.2, 0.25) is 0 Å². The highest BCUT2D eigenvalue weighted by Gasteiger charge is 2.21. The predicted molar refractivity (Wildman–Crippen MR) is 248 cm³/mol. The molecule has 0 N–H and O–H groups in total. The van der Waals surface area contributed by atoms with Gasteiger partial charge < -0.3 is 13.6 Å². The van der Waals surface area contributed by atoms with Crippen molar-refractivity contribution in [1.29, 1.82) is 0 Å². The Kier molecular flexibility index (Phi) is 6.72. The van der Waals surface area contributed by atoms with Crippen molar-refractivity contribution in [3.63, 3.8) is 0 Å². The lowest BCUT2D eigenvalue weighted by Gasteiger charge is -2.11. The first-order valence-electron chi connectivity index (χ1n) is 20.3. The van der Waals surface area contributed by atoms with Crippen LogP contribution >= 0.6 is 0 Å². The van der Waals surface area contributed by atoms with Gasteiger partial charge in [0, 0.05) is 54.5 Å². The number of furan rings is 1. The number of hydrogen-bond donors (Lipinski definition) is 0. The molecular formula is C56H34N2O. The lowest BCUT2D eigenvalue weighted by molar-refractivity contribution is 0.676. The molecule has 0 saturated heterocycles. The number of nitrogens with zero attached hydrogens (tertiary/aromatic N) is 2. The third-order valence-corrected chi connectivity index (χ3v) is 12.5. The third-order valence-electron chi connectivity index (χ3n) is 12.5. The summed E-state index contributed by atoms with van der Waals surface area (Å²) in [6.07, 6.45) is 0. The molecule has 0 unspecified atom stereocenters. The van der Waals surface area contributed by atoms with Gasteiger partial charge in [0.2, 0.25) is 0 Å². The Hall–Kier alpha value is -7.88. The zero-order chi connectivity index (χ0) is 38.6. The molecule has 0 amide bonds. The molecule has 3 nitrogen and oxygen atoms in total. The van der Waals surface area contributed by atoms with Crippen molar-refractivity contribution in [2.45, 2.75) is 0 Å². The van der Waals surface area contributed by atoms with Crippen molar-refractivity contribution in [3.8, 4) is 33.6 Å². The van der Waals surface area contributed by atoms with Crippen LogP contribution in [0.4, 0.5) is 0 Å². The van der Waals surface area contributed by atoms with E-state index in [4.69, 9.17) is 4.42 Å². The molecule has 3 heteroatoms. The topological polar surface area (TPSA) is 23.0 Å². The molecule has 274 valence electrons. The summed E-state index contributed by atoms with van der Waals surface area (Å²) >= 11 is 0. The molecule has 0 spiro atoms. The molecule has 13 aromatic rings. The van der Waals surface area contributed by atoms with E-state index >= 15 is 0 Å². The van der Waals surface area contributed by atoms with Crippen LogP contribution in [0.15, 0.2) is 211 Å². The Morgan fingerprint density at radius 2 is 0.610 bits per heavy atom. The number of aromatic nitrogens is 2. The molecule has 0 aliphatic rings. The van der Waals surface area contributed by atoms with Crippen molar-refractivity contribution in [1.82, 2.24) is 9.13 Å². The molecule has 0 aliphatic carbocycles. The lowest BCUT2D eigenvalue weighted by atomic mass is 9.92. The van der Waals surface area contributed by atoms with Crippen LogP contribution in [0, 0.1) is 0 Å². The fourth-order valence-corrected chi connectivity index (χ4v) is 9.89. The number of rotatable bonds is 4. The molecule has 13 rings (SSSR count). The average Bonchev–Trinajstić information content (AvgIpc) is 3.96. The molecule has 3 heterocycles. The Labute approximate surface area is 339 Å². The Morgan fingerprint density at radius 3 is 1.05 bits per heavy atom. The van der Waals surface area contributed by atoms with Gasteiger partial charge in [-0.15, -0.1) is 0 Å². The fourth-order valence-electron chi connectivity index (χ4n) is 9.89. The van der Waals surface area contributed by atoms with Gasteiger partial charge in [-0.05, 0) is 106 Å². The van der Waals surface area contributed by atoms with Crippen LogP contribution < -0.4 is 0 Å². The van der Waals surface area contributed by atoms with Crippen molar-refractivity contribution in [2.24, 2.45) is 0 Å². The van der Waals surface area contributed by atoms with E-state index in [0.29, 0.717) is 0 Å². The molecular weight excluding hydrogens is 717 g/mol. The maximum atomic E-state index is 7.01. The number of fused-ring (bicyclic) bond motifs is 13. The van der Waals surface area contributed by atoms with E-state index in [2.05, 4.69) is 215 Å². The molecule has 0 bridgehead atoms. The number of hydrogen-bond acceptors (Lipinski definition) is 1. The van der Waals surface area contributed by atoms with Crippen LogP contribution in [-0.2, 0) is 0 Å². The van der Waals surface area contributed by atoms with Crippen LogP contribution in [0.5, 0.6) is 0 Å². The van der Waals surface area contributed by atoms with Gasteiger partial charge in [-0.25, -0.2) is 0 Å². The maximum Gasteiger partial charge on any atom is 0.143 e. The van der Waals surface area contributed by atoms with Gasteiger partial charge in [0.1, 0.15) is 11.2 Å². The lowest BCUT2D eigenvalue weighted by Crippen LogP contribution is -1.93. The first-order valence-corrected chi connectivity index (χ1v) is 20.3. The molecule has 10 aromatic carbocycles. The SMILES string of the molecule is c1ccc(-n2c3ccccc3c3cc(-c4cc5c6cc(-c7ccc8c(c7)c7ccccc7n8-c7ccccc7)c7ccccc7c6oc5c5ccccc45)ccc32)cc1. The van der Waals surface area contributed by atoms with E-state index in [1.54, 1.807) is 0 Å². The summed E-state index contributed by atoms with van der Waals surface area (Å²) in [7, 11) is 0. The van der Waals surface area contributed by atoms with Crippen LogP contribution in [0.1, 0.15) is 0 Å².